The Hall–Kier alpha value is -2.09. The maximum atomic E-state index is 12.7. The van der Waals surface area contributed by atoms with E-state index >= 15 is 0 Å². The lowest BCUT2D eigenvalue weighted by Gasteiger charge is -2.38. The van der Waals surface area contributed by atoms with Crippen molar-refractivity contribution in [3.8, 4) is 0 Å². The summed E-state index contributed by atoms with van der Waals surface area (Å²) in [5.41, 5.74) is 0. The van der Waals surface area contributed by atoms with Gasteiger partial charge in [-0.25, -0.2) is 0 Å². The highest BCUT2D eigenvalue weighted by atomic mass is 32.1. The quantitative estimate of drug-likeness (QED) is 0.653. The van der Waals surface area contributed by atoms with E-state index in [-0.39, 0.29) is 47.9 Å². The summed E-state index contributed by atoms with van der Waals surface area (Å²) >= 11 is 1.31. The number of nitrogens with one attached hydrogen (secondary N) is 1. The van der Waals surface area contributed by atoms with Crippen LogP contribution in [0, 0.1) is 23.7 Å². The molecule has 0 aromatic carbocycles. The number of amides is 3. The van der Waals surface area contributed by atoms with Crippen LogP contribution in [-0.2, 0) is 14.4 Å². The summed E-state index contributed by atoms with van der Waals surface area (Å²) < 4.78 is 0. The van der Waals surface area contributed by atoms with Crippen LogP contribution in [0.1, 0.15) is 37.6 Å². The molecule has 2 bridgehead atoms. The third kappa shape index (κ3) is 2.68. The Kier molecular flexibility index (Phi) is 3.94. The van der Waals surface area contributed by atoms with Gasteiger partial charge in [0.05, 0.1) is 11.8 Å². The minimum absolute atomic E-state index is 0.135. The van der Waals surface area contributed by atoms with Crippen molar-refractivity contribution in [2.75, 3.05) is 11.9 Å². The van der Waals surface area contributed by atoms with Gasteiger partial charge in [0, 0.05) is 5.92 Å². The lowest BCUT2D eigenvalue weighted by Crippen LogP contribution is -2.38. The molecule has 25 heavy (non-hydrogen) atoms. The van der Waals surface area contributed by atoms with Gasteiger partial charge >= 0.3 is 0 Å². The first kappa shape index (κ1) is 16.4. The van der Waals surface area contributed by atoms with Crippen molar-refractivity contribution in [3.05, 3.63) is 17.2 Å². The molecule has 7 nitrogen and oxygen atoms in total. The van der Waals surface area contributed by atoms with Gasteiger partial charge in [0.15, 0.2) is 0 Å². The fraction of sp³-hybridized carbons (Fsp3) is 0.588. The van der Waals surface area contributed by atoms with Crippen molar-refractivity contribution >= 4 is 34.2 Å². The van der Waals surface area contributed by atoms with Gasteiger partial charge < -0.3 is 0 Å². The molecule has 1 aliphatic heterocycles. The molecule has 0 radical (unpaired) electrons. The molecule has 8 heteroatoms. The number of nitrogens with zero attached hydrogens (tertiary/aromatic N) is 3. The van der Waals surface area contributed by atoms with E-state index in [0.717, 1.165) is 22.7 Å². The van der Waals surface area contributed by atoms with Gasteiger partial charge in [0.1, 0.15) is 11.6 Å². The Labute approximate surface area is 149 Å². The molecule has 2 heterocycles. The number of carbonyl (C=O) groups is 3. The number of carbonyl (C=O) groups excluding carboxylic acids is 3. The van der Waals surface area contributed by atoms with Crippen molar-refractivity contribution in [3.63, 3.8) is 0 Å². The van der Waals surface area contributed by atoms with Crippen LogP contribution >= 0.6 is 11.3 Å². The maximum absolute atomic E-state index is 12.7. The van der Waals surface area contributed by atoms with Crippen LogP contribution in [0.5, 0.6) is 0 Å². The molecule has 2 fully saturated rings. The van der Waals surface area contributed by atoms with E-state index in [4.69, 9.17) is 0 Å². The largest absolute Gasteiger partial charge is 0.299 e. The summed E-state index contributed by atoms with van der Waals surface area (Å²) in [5.74, 6) is -0.874. The molecule has 1 N–H and O–H groups in total. The number of allylic oxidation sites excluding steroid dienone is 2. The predicted octanol–water partition coefficient (Wildman–Crippen LogP) is 1.80. The highest BCUT2D eigenvalue weighted by Crippen LogP contribution is 2.49. The average Bonchev–Trinajstić information content (AvgIpc) is 3.16. The topological polar surface area (TPSA) is 92.3 Å². The number of imide groups is 1. The van der Waals surface area contributed by atoms with E-state index in [1.165, 1.54) is 11.3 Å². The van der Waals surface area contributed by atoms with E-state index in [1.807, 2.05) is 13.8 Å². The Morgan fingerprint density at radius 3 is 2.28 bits per heavy atom. The van der Waals surface area contributed by atoms with Crippen LogP contribution in [0.4, 0.5) is 5.13 Å². The number of likely N-dealkylation sites (tertiary alicyclic amines) is 1. The molecule has 3 amide bonds. The Bertz CT molecular complexity index is 740. The van der Waals surface area contributed by atoms with Crippen LogP contribution in [-0.4, -0.2) is 39.4 Å². The molecule has 5 rings (SSSR count). The molecule has 0 unspecified atom stereocenters. The summed E-state index contributed by atoms with van der Waals surface area (Å²) in [5, 5.41) is 11.8. The Morgan fingerprint density at radius 2 is 1.80 bits per heavy atom. The van der Waals surface area contributed by atoms with E-state index in [0.29, 0.717) is 5.13 Å². The molecule has 0 spiro atoms. The van der Waals surface area contributed by atoms with Crippen LogP contribution < -0.4 is 5.32 Å². The third-order valence-electron chi connectivity index (χ3n) is 5.33. The summed E-state index contributed by atoms with van der Waals surface area (Å²) in [4.78, 5) is 38.8. The Balaban J connectivity index is 1.45. The predicted molar refractivity (Wildman–Crippen MR) is 91.7 cm³/mol. The number of aromatic nitrogens is 2. The minimum atomic E-state index is -0.410. The van der Waals surface area contributed by atoms with E-state index in [2.05, 4.69) is 27.7 Å². The van der Waals surface area contributed by atoms with E-state index in [1.54, 1.807) is 0 Å². The summed E-state index contributed by atoms with van der Waals surface area (Å²) in [7, 11) is 0. The molecule has 1 aromatic heterocycles. The first-order valence-corrected chi connectivity index (χ1v) is 9.44. The molecule has 4 atom stereocenters. The lowest BCUT2D eigenvalue weighted by molar-refractivity contribution is -0.142. The normalized spacial score (nSPS) is 30.3. The van der Waals surface area contributed by atoms with E-state index in [9.17, 15) is 14.4 Å². The highest BCUT2D eigenvalue weighted by Gasteiger charge is 2.56. The first-order valence-electron chi connectivity index (χ1n) is 8.62. The molecule has 3 aliphatic carbocycles. The van der Waals surface area contributed by atoms with Crippen molar-refractivity contribution in [1.29, 1.82) is 0 Å². The third-order valence-corrected chi connectivity index (χ3v) is 6.47. The van der Waals surface area contributed by atoms with Crippen LogP contribution in [0.2, 0.25) is 0 Å². The zero-order chi connectivity index (χ0) is 17.7. The maximum Gasteiger partial charge on any atom is 0.246 e. The van der Waals surface area contributed by atoms with Gasteiger partial charge in [-0.3, -0.25) is 24.6 Å². The fourth-order valence-electron chi connectivity index (χ4n) is 4.11. The SMILES string of the molecule is CC(C)c1nnc(NC(=O)CN2C(=O)[C@H]3[C@H](C2=O)[C@H]2C=C[C@H]3CC2)s1. The zero-order valence-corrected chi connectivity index (χ0v) is 15.0. The smallest absolute Gasteiger partial charge is 0.246 e. The second-order valence-corrected chi connectivity index (χ2v) is 8.26. The van der Waals surface area contributed by atoms with Gasteiger partial charge in [-0.05, 0) is 24.7 Å². The molecular formula is C17H20N4O3S. The molecule has 4 aliphatic rings. The highest BCUT2D eigenvalue weighted by molar-refractivity contribution is 7.15. The molecule has 132 valence electrons. The number of anilines is 1. The standard InChI is InChI=1S/C17H20N4O3S/c1-8(2)14-19-20-17(25-14)18-11(22)7-21-15(23)12-9-3-4-10(6-5-9)13(12)16(21)24/h3-4,8-10,12-13H,5-7H2,1-2H3,(H,18,20,22)/t9-,10-,12+,13+/m0/s1. The van der Waals surface area contributed by atoms with Crippen LogP contribution in [0.3, 0.4) is 0 Å². The minimum Gasteiger partial charge on any atom is -0.299 e. The van der Waals surface area contributed by atoms with Gasteiger partial charge in [-0.15, -0.1) is 10.2 Å². The van der Waals surface area contributed by atoms with Gasteiger partial charge in [-0.1, -0.05) is 37.3 Å². The molecule has 1 aromatic rings. The number of fused-ring (bicyclic) bond motifs is 1. The van der Waals surface area contributed by atoms with Crippen molar-refractivity contribution < 1.29 is 14.4 Å². The summed E-state index contributed by atoms with van der Waals surface area (Å²) in [6, 6.07) is 0. The number of hydrogen-bond acceptors (Lipinski definition) is 6. The second-order valence-electron chi connectivity index (χ2n) is 7.25. The number of hydrogen-bond donors (Lipinski definition) is 1. The van der Waals surface area contributed by atoms with Crippen LogP contribution in [0.15, 0.2) is 12.2 Å². The lowest BCUT2D eigenvalue weighted by atomic mass is 9.63. The zero-order valence-electron chi connectivity index (χ0n) is 14.1. The summed E-state index contributed by atoms with van der Waals surface area (Å²) in [6.45, 7) is 3.75. The van der Waals surface area contributed by atoms with Gasteiger partial charge in [-0.2, -0.15) is 0 Å². The monoisotopic (exact) mass is 360 g/mol. The molecular weight excluding hydrogens is 340 g/mol. The molecule has 1 saturated carbocycles. The fourth-order valence-corrected chi connectivity index (χ4v) is 4.87. The van der Waals surface area contributed by atoms with E-state index < -0.39 is 5.91 Å². The van der Waals surface area contributed by atoms with Gasteiger partial charge in [0.25, 0.3) is 0 Å². The average molecular weight is 360 g/mol. The van der Waals surface area contributed by atoms with Gasteiger partial charge in [0.2, 0.25) is 22.9 Å². The van der Waals surface area contributed by atoms with Crippen molar-refractivity contribution in [2.45, 2.75) is 32.6 Å². The van der Waals surface area contributed by atoms with Crippen molar-refractivity contribution in [1.82, 2.24) is 15.1 Å². The molecule has 1 saturated heterocycles. The second kappa shape index (κ2) is 6.01. The summed E-state index contributed by atoms with van der Waals surface area (Å²) in [6.07, 6.45) is 6.03. The van der Waals surface area contributed by atoms with Crippen LogP contribution in [0.25, 0.3) is 0 Å². The van der Waals surface area contributed by atoms with Crippen molar-refractivity contribution in [2.24, 2.45) is 23.7 Å². The number of rotatable bonds is 4. The first-order chi connectivity index (χ1) is 12.0. The Morgan fingerprint density at radius 1 is 1.20 bits per heavy atom.